The molecule has 0 radical (unpaired) electrons. The van der Waals surface area contributed by atoms with Crippen molar-refractivity contribution in [2.45, 2.75) is 11.3 Å². The van der Waals surface area contributed by atoms with Crippen LogP contribution in [0.4, 0.5) is 0 Å². The van der Waals surface area contributed by atoms with Crippen molar-refractivity contribution in [3.63, 3.8) is 0 Å². The molecule has 4 nitrogen and oxygen atoms in total. The first kappa shape index (κ1) is 11.4. The van der Waals surface area contributed by atoms with Crippen molar-refractivity contribution < 1.29 is 8.42 Å². The van der Waals surface area contributed by atoms with E-state index < -0.39 is 10.0 Å². The molecule has 1 aliphatic heterocycles. The number of amidine groups is 1. The minimum absolute atomic E-state index is 0.291. The van der Waals surface area contributed by atoms with Crippen molar-refractivity contribution in [1.29, 1.82) is 0 Å². The second-order valence-electron chi connectivity index (χ2n) is 3.37. The van der Waals surface area contributed by atoms with Crippen LogP contribution in [-0.4, -0.2) is 26.7 Å². The van der Waals surface area contributed by atoms with Crippen molar-refractivity contribution in [2.24, 2.45) is 4.99 Å². The van der Waals surface area contributed by atoms with Crippen LogP contribution in [0, 0.1) is 0 Å². The number of halogens is 1. The molecular weight excluding hydrogens is 248 g/mol. The summed E-state index contributed by atoms with van der Waals surface area (Å²) < 4.78 is 25.8. The van der Waals surface area contributed by atoms with Gasteiger partial charge in [-0.05, 0) is 18.6 Å². The number of hydrogen-bond donors (Lipinski definition) is 1. The molecule has 16 heavy (non-hydrogen) atoms. The van der Waals surface area contributed by atoms with Gasteiger partial charge in [-0.3, -0.25) is 9.71 Å². The van der Waals surface area contributed by atoms with Gasteiger partial charge in [0.15, 0.2) is 0 Å². The van der Waals surface area contributed by atoms with Gasteiger partial charge in [0.1, 0.15) is 5.84 Å². The Kier molecular flexibility index (Phi) is 3.16. The molecule has 2 rings (SSSR count). The smallest absolute Gasteiger partial charge is 0.263 e. The number of sulfonamides is 1. The summed E-state index contributed by atoms with van der Waals surface area (Å²) in [5.41, 5.74) is 0.636. The fourth-order valence-corrected chi connectivity index (χ4v) is 2.87. The maximum absolute atomic E-state index is 11.7. The summed E-state index contributed by atoms with van der Waals surface area (Å²) in [6.07, 6.45) is 0.731. The van der Waals surface area contributed by atoms with E-state index in [4.69, 9.17) is 11.6 Å². The molecule has 1 aromatic rings. The minimum Gasteiger partial charge on any atom is -0.267 e. The Morgan fingerprint density at radius 1 is 1.31 bits per heavy atom. The van der Waals surface area contributed by atoms with E-state index in [9.17, 15) is 8.42 Å². The maximum atomic E-state index is 11.7. The third kappa shape index (κ3) is 2.05. The zero-order chi connectivity index (χ0) is 11.6. The normalized spacial score (nSPS) is 19.4. The Bertz CT molecular complexity index is 525. The van der Waals surface area contributed by atoms with Gasteiger partial charge in [0.05, 0.1) is 4.90 Å². The molecule has 1 heterocycles. The molecule has 0 saturated carbocycles. The van der Waals surface area contributed by atoms with Crippen LogP contribution in [-0.2, 0) is 10.0 Å². The number of benzene rings is 1. The first-order valence-corrected chi connectivity index (χ1v) is 6.89. The zero-order valence-electron chi connectivity index (χ0n) is 8.48. The third-order valence-corrected chi connectivity index (χ3v) is 3.89. The molecule has 0 saturated heterocycles. The summed E-state index contributed by atoms with van der Waals surface area (Å²) in [6.45, 7) is 0.523. The van der Waals surface area contributed by atoms with E-state index in [1.807, 2.05) is 0 Å². The minimum atomic E-state index is -3.41. The fourth-order valence-electron chi connectivity index (χ4n) is 1.50. The lowest BCUT2D eigenvalue weighted by atomic mass is 10.2. The van der Waals surface area contributed by atoms with Crippen molar-refractivity contribution in [3.8, 4) is 0 Å². The molecule has 1 N–H and O–H groups in total. The van der Waals surface area contributed by atoms with Crippen molar-refractivity contribution in [3.05, 3.63) is 29.8 Å². The van der Waals surface area contributed by atoms with E-state index in [1.54, 1.807) is 24.3 Å². The molecule has 0 atom stereocenters. The van der Waals surface area contributed by atoms with Gasteiger partial charge in [0, 0.05) is 18.0 Å². The summed E-state index contributed by atoms with van der Waals surface area (Å²) >= 11 is 5.54. The number of nitrogens with zero attached hydrogens (tertiary/aromatic N) is 1. The summed E-state index contributed by atoms with van der Waals surface area (Å²) in [5.74, 6) is 0.936. The van der Waals surface area contributed by atoms with Crippen molar-refractivity contribution >= 4 is 27.5 Å². The van der Waals surface area contributed by atoms with Gasteiger partial charge in [-0.2, -0.15) is 0 Å². The highest BCUT2D eigenvalue weighted by Crippen LogP contribution is 2.21. The van der Waals surface area contributed by atoms with Gasteiger partial charge < -0.3 is 0 Å². The molecule has 0 unspecified atom stereocenters. The van der Waals surface area contributed by atoms with Crippen molar-refractivity contribution in [2.75, 3.05) is 12.4 Å². The van der Waals surface area contributed by atoms with Crippen LogP contribution in [0.2, 0.25) is 0 Å². The van der Waals surface area contributed by atoms with Gasteiger partial charge in [-0.15, -0.1) is 11.6 Å². The fraction of sp³-hybridized carbons (Fsp3) is 0.300. The molecular formula is C10H11ClN2O2S. The summed E-state index contributed by atoms with van der Waals surface area (Å²) in [6, 6.07) is 6.80. The van der Waals surface area contributed by atoms with E-state index in [0.29, 0.717) is 28.7 Å². The van der Waals surface area contributed by atoms with Gasteiger partial charge in [0.25, 0.3) is 10.0 Å². The average molecular weight is 259 g/mol. The van der Waals surface area contributed by atoms with Crippen LogP contribution < -0.4 is 4.72 Å². The summed E-state index contributed by atoms with van der Waals surface area (Å²) in [7, 11) is -3.41. The Hall–Kier alpha value is -1.07. The number of nitrogens with one attached hydrogen (secondary N) is 1. The number of aliphatic imine (C=N–C) groups is 1. The molecule has 0 amide bonds. The standard InChI is InChI=1S/C10H11ClN2O2S/c11-6-3-7-12-10-8-4-1-2-5-9(8)16(14,15)13-10/h1-2,4-5H,3,6-7H2,(H,12,13). The highest BCUT2D eigenvalue weighted by Gasteiger charge is 2.29. The molecule has 1 aromatic carbocycles. The van der Waals surface area contributed by atoms with Gasteiger partial charge in [0.2, 0.25) is 0 Å². The Morgan fingerprint density at radius 3 is 2.81 bits per heavy atom. The number of rotatable bonds is 3. The van der Waals surface area contributed by atoms with E-state index in [2.05, 4.69) is 9.71 Å². The van der Waals surface area contributed by atoms with Crippen molar-refractivity contribution in [1.82, 2.24) is 4.72 Å². The predicted molar refractivity (Wildman–Crippen MR) is 63.5 cm³/mol. The molecule has 6 heteroatoms. The lowest BCUT2D eigenvalue weighted by molar-refractivity contribution is 0.595. The summed E-state index contributed by atoms with van der Waals surface area (Å²) in [5, 5.41) is 0. The summed E-state index contributed by atoms with van der Waals surface area (Å²) in [4.78, 5) is 4.48. The highest BCUT2D eigenvalue weighted by atomic mass is 35.5. The molecule has 0 aliphatic carbocycles. The van der Waals surface area contributed by atoms with Crippen LogP contribution in [0.25, 0.3) is 0 Å². The molecule has 86 valence electrons. The first-order chi connectivity index (χ1) is 7.65. The molecule has 0 bridgehead atoms. The van der Waals surface area contributed by atoms with Gasteiger partial charge >= 0.3 is 0 Å². The lowest BCUT2D eigenvalue weighted by Crippen LogP contribution is -2.22. The number of alkyl halides is 1. The third-order valence-electron chi connectivity index (χ3n) is 2.22. The largest absolute Gasteiger partial charge is 0.267 e. The SMILES string of the molecule is O=S1(=O)NC(=NCCCCl)c2ccccc21. The van der Waals surface area contributed by atoms with Gasteiger partial charge in [-0.1, -0.05) is 12.1 Å². The van der Waals surface area contributed by atoms with E-state index >= 15 is 0 Å². The quantitative estimate of drug-likeness (QED) is 0.657. The zero-order valence-corrected chi connectivity index (χ0v) is 10.1. The van der Waals surface area contributed by atoms with E-state index in [1.165, 1.54) is 0 Å². The number of fused-ring (bicyclic) bond motifs is 1. The topological polar surface area (TPSA) is 58.5 Å². The van der Waals surface area contributed by atoms with Crippen LogP contribution in [0.5, 0.6) is 0 Å². The van der Waals surface area contributed by atoms with Crippen LogP contribution >= 0.6 is 11.6 Å². The van der Waals surface area contributed by atoms with E-state index in [-0.39, 0.29) is 0 Å². The van der Waals surface area contributed by atoms with Gasteiger partial charge in [-0.25, -0.2) is 8.42 Å². The lowest BCUT2D eigenvalue weighted by Gasteiger charge is -1.97. The Labute approximate surface area is 99.4 Å². The second kappa shape index (κ2) is 4.43. The average Bonchev–Trinajstić information content (AvgIpc) is 2.52. The molecule has 0 fully saturated rings. The second-order valence-corrected chi connectivity index (χ2v) is 5.40. The first-order valence-electron chi connectivity index (χ1n) is 4.88. The predicted octanol–water partition coefficient (Wildman–Crippen LogP) is 1.35. The van der Waals surface area contributed by atoms with E-state index in [0.717, 1.165) is 6.42 Å². The maximum Gasteiger partial charge on any atom is 0.263 e. The molecule has 0 spiro atoms. The van der Waals surface area contributed by atoms with Crippen LogP contribution in [0.3, 0.4) is 0 Å². The Balaban J connectivity index is 2.37. The Morgan fingerprint density at radius 2 is 2.06 bits per heavy atom. The highest BCUT2D eigenvalue weighted by molar-refractivity contribution is 7.90. The molecule has 1 aliphatic rings. The number of hydrogen-bond acceptors (Lipinski definition) is 3. The monoisotopic (exact) mass is 258 g/mol. The van der Waals surface area contributed by atoms with Crippen LogP contribution in [0.1, 0.15) is 12.0 Å². The van der Waals surface area contributed by atoms with Crippen LogP contribution in [0.15, 0.2) is 34.2 Å². The molecule has 0 aromatic heterocycles.